The maximum Gasteiger partial charge on any atom is 0.220 e. The minimum absolute atomic E-state index is 0.00171. The van der Waals surface area contributed by atoms with Gasteiger partial charge in [0.2, 0.25) is 17.7 Å². The van der Waals surface area contributed by atoms with E-state index in [0.717, 1.165) is 49.9 Å². The van der Waals surface area contributed by atoms with Gasteiger partial charge >= 0.3 is 0 Å². The summed E-state index contributed by atoms with van der Waals surface area (Å²) >= 11 is 0. The minimum atomic E-state index is -0.108. The Morgan fingerprint density at radius 1 is 1.26 bits per heavy atom. The normalized spacial score (nSPS) is 12.7. The van der Waals surface area contributed by atoms with Crippen molar-refractivity contribution in [2.45, 2.75) is 46.6 Å². The summed E-state index contributed by atoms with van der Waals surface area (Å²) in [6.45, 7) is 8.38. The first-order valence-electron chi connectivity index (χ1n) is 12.7. The Morgan fingerprint density at radius 2 is 2.05 bits per heavy atom. The summed E-state index contributed by atoms with van der Waals surface area (Å²) in [7, 11) is 0. The van der Waals surface area contributed by atoms with E-state index in [1.54, 1.807) is 6.20 Å². The van der Waals surface area contributed by atoms with E-state index in [1.165, 1.54) is 0 Å². The molecular formula is C29H29N7O2. The Labute approximate surface area is 219 Å². The van der Waals surface area contributed by atoms with Crippen molar-refractivity contribution >= 4 is 27.8 Å². The Balaban J connectivity index is 1.80. The summed E-state index contributed by atoms with van der Waals surface area (Å²) in [5.41, 5.74) is 7.63. The average molecular weight is 508 g/mol. The molecule has 3 aromatic heterocycles. The van der Waals surface area contributed by atoms with E-state index in [9.17, 15) is 10.1 Å². The van der Waals surface area contributed by atoms with Crippen molar-refractivity contribution in [1.82, 2.24) is 25.0 Å². The van der Waals surface area contributed by atoms with Crippen LogP contribution in [-0.4, -0.2) is 32.1 Å². The van der Waals surface area contributed by atoms with Gasteiger partial charge in [0.25, 0.3) is 0 Å². The molecule has 2 N–H and O–H groups in total. The van der Waals surface area contributed by atoms with E-state index >= 15 is 0 Å². The van der Waals surface area contributed by atoms with Gasteiger partial charge in [-0.1, -0.05) is 35.5 Å². The summed E-state index contributed by atoms with van der Waals surface area (Å²) in [5, 5.41) is 17.4. The quantitative estimate of drug-likeness (QED) is 0.305. The lowest BCUT2D eigenvalue weighted by molar-refractivity contribution is -0.120. The molecule has 2 aromatic carbocycles. The molecule has 0 aliphatic rings. The van der Waals surface area contributed by atoms with Crippen LogP contribution < -0.4 is 10.9 Å². The number of imidazole rings is 1. The molecule has 0 saturated carbocycles. The fourth-order valence-corrected chi connectivity index (χ4v) is 5.14. The number of aryl methyl sites for hydroxylation is 3. The molecule has 0 fully saturated rings. The number of hydrogen-bond acceptors (Lipinski definition) is 6. The Bertz CT molecular complexity index is 1730. The van der Waals surface area contributed by atoms with Gasteiger partial charge in [-0.15, -0.1) is 4.99 Å². The molecule has 9 heteroatoms. The summed E-state index contributed by atoms with van der Waals surface area (Å²) < 4.78 is 7.52. The Hall–Kier alpha value is -4.71. The zero-order valence-corrected chi connectivity index (χ0v) is 21.9. The van der Waals surface area contributed by atoms with E-state index in [2.05, 4.69) is 45.6 Å². The molecule has 1 amide bonds. The van der Waals surface area contributed by atoms with E-state index in [0.29, 0.717) is 30.8 Å². The molecule has 9 nitrogen and oxygen atoms in total. The SMILES string of the molecule is CCNC(=O)CCc1cc2c(cc1-c1c(C)noc1C)ncc1[nH]/c(=N\C#N)n([C@H](C)c3ccccc3)c12. The van der Waals surface area contributed by atoms with Crippen LogP contribution in [0.2, 0.25) is 0 Å². The smallest absolute Gasteiger partial charge is 0.220 e. The second-order valence-corrected chi connectivity index (χ2v) is 9.32. The van der Waals surface area contributed by atoms with Crippen LogP contribution >= 0.6 is 0 Å². The summed E-state index contributed by atoms with van der Waals surface area (Å²) in [4.78, 5) is 24.5. The molecule has 0 unspecified atom stereocenters. The van der Waals surface area contributed by atoms with Crippen LogP contribution in [0.25, 0.3) is 33.1 Å². The number of fused-ring (bicyclic) bond motifs is 3. The number of carbonyl (C=O) groups is 1. The third kappa shape index (κ3) is 4.45. The topological polar surface area (TPSA) is 125 Å². The van der Waals surface area contributed by atoms with Crippen LogP contribution in [0.4, 0.5) is 0 Å². The number of hydrogen-bond donors (Lipinski definition) is 2. The fraction of sp³-hybridized carbons (Fsp3) is 0.276. The highest BCUT2D eigenvalue weighted by molar-refractivity contribution is 6.04. The van der Waals surface area contributed by atoms with Crippen LogP contribution in [0.1, 0.15) is 48.9 Å². The number of nitrogens with one attached hydrogen (secondary N) is 2. The van der Waals surface area contributed by atoms with Crippen LogP contribution in [-0.2, 0) is 11.2 Å². The van der Waals surface area contributed by atoms with E-state index in [-0.39, 0.29) is 11.9 Å². The first kappa shape index (κ1) is 25.0. The highest BCUT2D eigenvalue weighted by Crippen LogP contribution is 2.36. The molecule has 0 saturated heterocycles. The van der Waals surface area contributed by atoms with Crippen molar-refractivity contribution in [3.8, 4) is 17.3 Å². The van der Waals surface area contributed by atoms with Gasteiger partial charge in [0.1, 0.15) is 5.76 Å². The number of aromatic nitrogens is 4. The van der Waals surface area contributed by atoms with Crippen LogP contribution in [0, 0.1) is 25.3 Å². The molecule has 192 valence electrons. The third-order valence-electron chi connectivity index (χ3n) is 6.90. The first-order valence-corrected chi connectivity index (χ1v) is 12.7. The van der Waals surface area contributed by atoms with Crippen molar-refractivity contribution in [2.75, 3.05) is 6.54 Å². The molecule has 0 aliphatic carbocycles. The monoisotopic (exact) mass is 507 g/mol. The van der Waals surface area contributed by atoms with Gasteiger partial charge in [0, 0.05) is 23.9 Å². The van der Waals surface area contributed by atoms with E-state index < -0.39 is 0 Å². The van der Waals surface area contributed by atoms with Gasteiger partial charge in [-0.2, -0.15) is 5.26 Å². The number of benzene rings is 2. The lowest BCUT2D eigenvalue weighted by atomic mass is 9.93. The fourth-order valence-electron chi connectivity index (χ4n) is 5.14. The number of aromatic amines is 1. The van der Waals surface area contributed by atoms with Gasteiger partial charge in [-0.25, -0.2) is 0 Å². The molecule has 0 radical (unpaired) electrons. The maximum atomic E-state index is 12.4. The number of H-pyrrole nitrogens is 1. The summed E-state index contributed by atoms with van der Waals surface area (Å²) in [5.74, 6) is 0.713. The van der Waals surface area contributed by atoms with Crippen LogP contribution in [0.15, 0.2) is 58.2 Å². The van der Waals surface area contributed by atoms with Gasteiger partial charge in [-0.3, -0.25) is 9.78 Å². The summed E-state index contributed by atoms with van der Waals surface area (Å²) in [6, 6.07) is 14.1. The molecule has 5 aromatic rings. The number of nitrogens with zero attached hydrogens (tertiary/aromatic N) is 5. The molecule has 1 atom stereocenters. The standard InChI is InChI=1S/C29H29N7O2/c1-5-31-26(37)12-11-21-13-23-24(14-22(21)27-17(2)35-38-19(27)4)32-15-25-28(23)36(29(34-25)33-16-30)18(3)20-9-7-6-8-10-20/h6-10,13-15,18H,5,11-12H2,1-4H3,(H,31,37)(H,33,34)/t18-/m1/s1. The molecule has 3 heterocycles. The predicted molar refractivity (Wildman–Crippen MR) is 145 cm³/mol. The predicted octanol–water partition coefficient (Wildman–Crippen LogP) is 4.85. The highest BCUT2D eigenvalue weighted by Gasteiger charge is 2.21. The zero-order valence-electron chi connectivity index (χ0n) is 21.9. The molecule has 0 spiro atoms. The molecular weight excluding hydrogens is 478 g/mol. The van der Waals surface area contributed by atoms with Crippen LogP contribution in [0.5, 0.6) is 0 Å². The Kier molecular flexibility index (Phi) is 6.79. The van der Waals surface area contributed by atoms with Crippen molar-refractivity contribution in [1.29, 1.82) is 5.26 Å². The summed E-state index contributed by atoms with van der Waals surface area (Å²) in [6.07, 6.45) is 4.58. The number of amides is 1. The van der Waals surface area contributed by atoms with Gasteiger partial charge in [0.15, 0.2) is 0 Å². The number of pyridine rings is 1. The van der Waals surface area contributed by atoms with Gasteiger partial charge < -0.3 is 19.4 Å². The number of carbonyl (C=O) groups excluding carboxylic acids is 1. The minimum Gasteiger partial charge on any atom is -0.361 e. The molecule has 38 heavy (non-hydrogen) atoms. The lowest BCUT2D eigenvalue weighted by Crippen LogP contribution is -2.23. The van der Waals surface area contributed by atoms with Crippen molar-refractivity contribution in [3.05, 3.63) is 76.9 Å². The van der Waals surface area contributed by atoms with E-state index in [4.69, 9.17) is 9.51 Å². The Morgan fingerprint density at radius 3 is 2.74 bits per heavy atom. The van der Waals surface area contributed by atoms with Crippen molar-refractivity contribution in [2.24, 2.45) is 4.99 Å². The second-order valence-electron chi connectivity index (χ2n) is 9.32. The lowest BCUT2D eigenvalue weighted by Gasteiger charge is -2.17. The zero-order chi connectivity index (χ0) is 26.8. The second kappa shape index (κ2) is 10.3. The average Bonchev–Trinajstić information content (AvgIpc) is 3.46. The van der Waals surface area contributed by atoms with Crippen molar-refractivity contribution in [3.63, 3.8) is 0 Å². The van der Waals surface area contributed by atoms with E-state index in [1.807, 2.05) is 55.8 Å². The highest BCUT2D eigenvalue weighted by atomic mass is 16.5. The van der Waals surface area contributed by atoms with Crippen molar-refractivity contribution < 1.29 is 9.32 Å². The van der Waals surface area contributed by atoms with Gasteiger partial charge in [0.05, 0.1) is 34.5 Å². The van der Waals surface area contributed by atoms with Crippen LogP contribution in [0.3, 0.4) is 0 Å². The third-order valence-corrected chi connectivity index (χ3v) is 6.90. The molecule has 0 bridgehead atoms. The molecule has 0 aliphatic heterocycles. The molecule has 5 rings (SSSR count). The first-order chi connectivity index (χ1) is 18.4. The van der Waals surface area contributed by atoms with Gasteiger partial charge in [-0.05, 0) is 62.9 Å². The number of rotatable bonds is 7. The maximum absolute atomic E-state index is 12.4. The largest absolute Gasteiger partial charge is 0.361 e. The number of nitriles is 1.